The molecule has 3 atom stereocenters. The third-order valence-electron chi connectivity index (χ3n) is 3.64. The van der Waals surface area contributed by atoms with Crippen LogP contribution in [0.3, 0.4) is 0 Å². The Kier molecular flexibility index (Phi) is 1.77. The molecule has 0 spiro atoms. The van der Waals surface area contributed by atoms with Gasteiger partial charge in [0.15, 0.2) is 0 Å². The molecule has 12 heavy (non-hydrogen) atoms. The fourth-order valence-electron chi connectivity index (χ4n) is 2.77. The third-order valence-corrected chi connectivity index (χ3v) is 3.64. The third kappa shape index (κ3) is 0.882. The van der Waals surface area contributed by atoms with Gasteiger partial charge in [0.2, 0.25) is 0 Å². The average Bonchev–Trinajstić information content (AvgIpc) is 2.62. The predicted molar refractivity (Wildman–Crippen MR) is 48.9 cm³/mol. The normalized spacial score (nSPS) is 44.7. The molecule has 2 aliphatic carbocycles. The lowest BCUT2D eigenvalue weighted by molar-refractivity contribution is 0.0463. The summed E-state index contributed by atoms with van der Waals surface area (Å²) < 4.78 is 0. The molecule has 2 bridgehead atoms. The van der Waals surface area contributed by atoms with E-state index >= 15 is 0 Å². The molecule has 2 heteroatoms. The molecule has 2 aliphatic rings. The van der Waals surface area contributed by atoms with E-state index in [1.54, 1.807) is 0 Å². The first kappa shape index (κ1) is 8.27. The van der Waals surface area contributed by atoms with Gasteiger partial charge in [-0.05, 0) is 38.8 Å². The molecule has 1 saturated carbocycles. The molecular weight excluding hydrogens is 150 g/mol. The molecule has 2 nitrogen and oxygen atoms in total. The molecule has 1 fully saturated rings. The highest BCUT2D eigenvalue weighted by molar-refractivity contribution is 5.19. The highest BCUT2D eigenvalue weighted by Crippen LogP contribution is 2.48. The Bertz CT molecular complexity index is 212. The summed E-state index contributed by atoms with van der Waals surface area (Å²) in [4.78, 5) is 2.20. The zero-order chi connectivity index (χ0) is 8.77. The molecule has 0 aromatic carbocycles. The number of rotatable bonds is 2. The second kappa shape index (κ2) is 2.57. The molecule has 0 aromatic rings. The van der Waals surface area contributed by atoms with E-state index in [1.807, 2.05) is 0 Å². The summed E-state index contributed by atoms with van der Waals surface area (Å²) in [7, 11) is 4.15. The number of allylic oxidation sites excluding steroid dienone is 1. The highest BCUT2D eigenvalue weighted by atomic mass is 16.3. The zero-order valence-corrected chi connectivity index (χ0v) is 7.83. The number of hydrogen-bond donors (Lipinski definition) is 1. The Morgan fingerprint density at radius 2 is 2.25 bits per heavy atom. The smallest absolute Gasteiger partial charge is 0.0621 e. The number of hydrogen-bond acceptors (Lipinski definition) is 2. The highest BCUT2D eigenvalue weighted by Gasteiger charge is 2.49. The van der Waals surface area contributed by atoms with Crippen LogP contribution in [0.5, 0.6) is 0 Å². The van der Waals surface area contributed by atoms with Crippen LogP contribution in [0.15, 0.2) is 12.2 Å². The van der Waals surface area contributed by atoms with Crippen molar-refractivity contribution >= 4 is 0 Å². The van der Waals surface area contributed by atoms with E-state index in [9.17, 15) is 5.11 Å². The van der Waals surface area contributed by atoms with Crippen molar-refractivity contribution in [2.24, 2.45) is 11.8 Å². The first-order valence-corrected chi connectivity index (χ1v) is 4.65. The monoisotopic (exact) mass is 167 g/mol. The minimum atomic E-state index is 0.0550. The molecule has 68 valence electrons. The lowest BCUT2D eigenvalue weighted by Crippen LogP contribution is -2.50. The van der Waals surface area contributed by atoms with E-state index in [0.29, 0.717) is 12.5 Å². The summed E-state index contributed by atoms with van der Waals surface area (Å²) in [6.07, 6.45) is 6.98. The van der Waals surface area contributed by atoms with Gasteiger partial charge in [-0.25, -0.2) is 0 Å². The number of nitrogens with zero attached hydrogens (tertiary/aromatic N) is 1. The summed E-state index contributed by atoms with van der Waals surface area (Å²) >= 11 is 0. The van der Waals surface area contributed by atoms with Crippen LogP contribution in [0.1, 0.15) is 12.8 Å². The zero-order valence-electron chi connectivity index (χ0n) is 7.83. The van der Waals surface area contributed by atoms with E-state index in [2.05, 4.69) is 31.1 Å². The summed E-state index contributed by atoms with van der Waals surface area (Å²) in [5.74, 6) is 1.31. The predicted octanol–water partition coefficient (Wildman–Crippen LogP) is 0.875. The maximum absolute atomic E-state index is 9.43. The van der Waals surface area contributed by atoms with Crippen LogP contribution in [-0.4, -0.2) is 36.2 Å². The van der Waals surface area contributed by atoms with Crippen molar-refractivity contribution in [2.75, 3.05) is 20.7 Å². The first-order chi connectivity index (χ1) is 5.69. The lowest BCUT2D eigenvalue weighted by atomic mass is 9.84. The van der Waals surface area contributed by atoms with Crippen LogP contribution >= 0.6 is 0 Å². The number of aliphatic hydroxyl groups is 1. The lowest BCUT2D eigenvalue weighted by Gasteiger charge is -2.40. The van der Waals surface area contributed by atoms with Crippen LogP contribution in [-0.2, 0) is 0 Å². The summed E-state index contributed by atoms with van der Waals surface area (Å²) in [5, 5.41) is 9.43. The van der Waals surface area contributed by atoms with Crippen molar-refractivity contribution < 1.29 is 5.11 Å². The number of likely N-dealkylation sites (N-methyl/N-ethyl adjacent to an activating group) is 1. The van der Waals surface area contributed by atoms with Crippen molar-refractivity contribution in [3.8, 4) is 0 Å². The van der Waals surface area contributed by atoms with Crippen molar-refractivity contribution in [1.82, 2.24) is 4.90 Å². The van der Waals surface area contributed by atoms with Crippen LogP contribution in [0, 0.1) is 11.8 Å². The van der Waals surface area contributed by atoms with Gasteiger partial charge in [-0.15, -0.1) is 0 Å². The van der Waals surface area contributed by atoms with Gasteiger partial charge in [0.05, 0.1) is 12.1 Å². The molecular formula is C10H17NO. The largest absolute Gasteiger partial charge is 0.394 e. The SMILES string of the molecule is CN(C)[C@]1(CO)C[C@H]2C=C[C@@H]1C2. The Balaban J connectivity index is 2.25. The maximum atomic E-state index is 9.43. The van der Waals surface area contributed by atoms with E-state index in [1.165, 1.54) is 6.42 Å². The molecule has 0 saturated heterocycles. The molecule has 0 amide bonds. The summed E-state index contributed by atoms with van der Waals surface area (Å²) in [6, 6.07) is 0. The molecule has 2 rings (SSSR count). The number of fused-ring (bicyclic) bond motifs is 2. The maximum Gasteiger partial charge on any atom is 0.0621 e. The first-order valence-electron chi connectivity index (χ1n) is 4.65. The van der Waals surface area contributed by atoms with Gasteiger partial charge < -0.3 is 10.0 Å². The molecule has 1 N–H and O–H groups in total. The molecule has 0 aliphatic heterocycles. The van der Waals surface area contributed by atoms with E-state index in [0.717, 1.165) is 12.3 Å². The van der Waals surface area contributed by atoms with Crippen LogP contribution in [0.2, 0.25) is 0 Å². The van der Waals surface area contributed by atoms with E-state index in [-0.39, 0.29) is 5.54 Å². The van der Waals surface area contributed by atoms with Gasteiger partial charge in [0.1, 0.15) is 0 Å². The second-order valence-electron chi connectivity index (χ2n) is 4.35. The molecule has 0 radical (unpaired) electrons. The quantitative estimate of drug-likeness (QED) is 0.617. The topological polar surface area (TPSA) is 23.5 Å². The molecule has 0 heterocycles. The molecule has 0 unspecified atom stereocenters. The van der Waals surface area contributed by atoms with E-state index < -0.39 is 0 Å². The Labute approximate surface area is 73.9 Å². The minimum absolute atomic E-state index is 0.0550. The van der Waals surface area contributed by atoms with Crippen LogP contribution < -0.4 is 0 Å². The Morgan fingerprint density at radius 1 is 1.50 bits per heavy atom. The van der Waals surface area contributed by atoms with Gasteiger partial charge in [0.25, 0.3) is 0 Å². The second-order valence-corrected chi connectivity index (χ2v) is 4.35. The average molecular weight is 167 g/mol. The minimum Gasteiger partial charge on any atom is -0.394 e. The number of aliphatic hydroxyl groups excluding tert-OH is 1. The Morgan fingerprint density at radius 3 is 2.50 bits per heavy atom. The van der Waals surface area contributed by atoms with Crippen molar-refractivity contribution in [3.63, 3.8) is 0 Å². The fraction of sp³-hybridized carbons (Fsp3) is 0.800. The van der Waals surface area contributed by atoms with E-state index in [4.69, 9.17) is 0 Å². The van der Waals surface area contributed by atoms with Crippen molar-refractivity contribution in [2.45, 2.75) is 18.4 Å². The summed E-state index contributed by atoms with van der Waals surface area (Å²) in [6.45, 7) is 0.297. The van der Waals surface area contributed by atoms with Gasteiger partial charge >= 0.3 is 0 Å². The van der Waals surface area contributed by atoms with Crippen LogP contribution in [0.25, 0.3) is 0 Å². The van der Waals surface area contributed by atoms with Crippen molar-refractivity contribution in [1.29, 1.82) is 0 Å². The van der Waals surface area contributed by atoms with Gasteiger partial charge in [-0.1, -0.05) is 12.2 Å². The standard InChI is InChI=1S/C10H17NO/c1-11(2)10(7-12)6-8-3-4-9(10)5-8/h3-4,8-9,12H,5-7H2,1-2H3/t8-,9+,10-/m0/s1. The fourth-order valence-corrected chi connectivity index (χ4v) is 2.77. The summed E-state index contributed by atoms with van der Waals surface area (Å²) in [5.41, 5.74) is 0.0550. The van der Waals surface area contributed by atoms with Gasteiger partial charge in [-0.2, -0.15) is 0 Å². The van der Waals surface area contributed by atoms with Gasteiger partial charge in [0, 0.05) is 0 Å². The Hall–Kier alpha value is -0.340. The van der Waals surface area contributed by atoms with Crippen LogP contribution in [0.4, 0.5) is 0 Å². The molecule has 0 aromatic heterocycles. The van der Waals surface area contributed by atoms with Crippen molar-refractivity contribution in [3.05, 3.63) is 12.2 Å². The van der Waals surface area contributed by atoms with Gasteiger partial charge in [-0.3, -0.25) is 0 Å².